The Balaban J connectivity index is 1.48. The second-order valence-corrected chi connectivity index (χ2v) is 10.2. The first-order valence-corrected chi connectivity index (χ1v) is 12.7. The number of fused-ring (bicyclic) bond motifs is 1. The first kappa shape index (κ1) is 21.9. The molecular formula is C25H32BrN5O. The number of pyridine rings is 2. The van der Waals surface area contributed by atoms with E-state index in [0.29, 0.717) is 18.0 Å². The van der Waals surface area contributed by atoms with E-state index in [1.807, 2.05) is 12.3 Å². The molecule has 7 heteroatoms. The van der Waals surface area contributed by atoms with E-state index in [0.717, 1.165) is 74.4 Å². The van der Waals surface area contributed by atoms with Crippen LogP contribution in [0.5, 0.6) is 0 Å². The molecule has 2 atom stereocenters. The van der Waals surface area contributed by atoms with Crippen LogP contribution < -0.4 is 11.1 Å². The lowest BCUT2D eigenvalue weighted by atomic mass is 9.88. The SMILES string of the molecule is CC1C(c2cc3ncccc3c(NC3CCC(N)CC3)n2)=CC=C(N2CCOCC2)C1Br. The van der Waals surface area contributed by atoms with Gasteiger partial charge in [0.2, 0.25) is 0 Å². The van der Waals surface area contributed by atoms with Crippen molar-refractivity contribution in [1.29, 1.82) is 0 Å². The number of anilines is 1. The van der Waals surface area contributed by atoms with Crippen LogP contribution in [0.3, 0.4) is 0 Å². The number of hydrogen-bond donors (Lipinski definition) is 2. The van der Waals surface area contributed by atoms with Crippen LogP contribution in [-0.2, 0) is 4.74 Å². The normalized spacial score (nSPS) is 28.9. The molecule has 3 N–H and O–H groups in total. The summed E-state index contributed by atoms with van der Waals surface area (Å²) in [5.74, 6) is 1.24. The van der Waals surface area contributed by atoms with Crippen molar-refractivity contribution < 1.29 is 4.74 Å². The largest absolute Gasteiger partial charge is 0.378 e. The first-order chi connectivity index (χ1) is 15.6. The lowest BCUT2D eigenvalue weighted by Crippen LogP contribution is -2.40. The quantitative estimate of drug-likeness (QED) is 0.612. The van der Waals surface area contributed by atoms with Crippen LogP contribution in [0.2, 0.25) is 0 Å². The van der Waals surface area contributed by atoms with Crippen LogP contribution in [0.15, 0.2) is 42.2 Å². The number of nitrogens with one attached hydrogen (secondary N) is 1. The van der Waals surface area contributed by atoms with E-state index in [4.69, 9.17) is 15.5 Å². The van der Waals surface area contributed by atoms with E-state index in [-0.39, 0.29) is 4.83 Å². The Labute approximate surface area is 198 Å². The van der Waals surface area contributed by atoms with Gasteiger partial charge < -0.3 is 20.7 Å². The van der Waals surface area contributed by atoms with Gasteiger partial charge in [0.25, 0.3) is 0 Å². The van der Waals surface area contributed by atoms with Crippen molar-refractivity contribution in [3.8, 4) is 0 Å². The van der Waals surface area contributed by atoms with Crippen molar-refractivity contribution in [2.24, 2.45) is 11.7 Å². The summed E-state index contributed by atoms with van der Waals surface area (Å²) in [7, 11) is 0. The molecular weight excluding hydrogens is 466 g/mol. The highest BCUT2D eigenvalue weighted by atomic mass is 79.9. The van der Waals surface area contributed by atoms with E-state index in [2.05, 4.69) is 62.3 Å². The summed E-state index contributed by atoms with van der Waals surface area (Å²) in [6.45, 7) is 5.75. The van der Waals surface area contributed by atoms with Gasteiger partial charge in [-0.05, 0) is 55.5 Å². The number of allylic oxidation sites excluding steroid dienone is 4. The van der Waals surface area contributed by atoms with Crippen LogP contribution in [0, 0.1) is 5.92 Å². The number of nitrogens with zero attached hydrogens (tertiary/aromatic N) is 3. The average Bonchev–Trinajstić information content (AvgIpc) is 2.83. The van der Waals surface area contributed by atoms with Gasteiger partial charge in [0, 0.05) is 48.4 Å². The number of ether oxygens (including phenoxy) is 1. The van der Waals surface area contributed by atoms with Crippen LogP contribution in [-0.4, -0.2) is 58.1 Å². The van der Waals surface area contributed by atoms with Gasteiger partial charge in [-0.3, -0.25) is 4.98 Å². The molecule has 0 aromatic carbocycles. The van der Waals surface area contributed by atoms with Crippen LogP contribution in [0.25, 0.3) is 16.5 Å². The highest BCUT2D eigenvalue weighted by molar-refractivity contribution is 9.09. The summed E-state index contributed by atoms with van der Waals surface area (Å²) >= 11 is 3.98. The number of alkyl halides is 1. The molecule has 6 nitrogen and oxygen atoms in total. The Kier molecular flexibility index (Phi) is 6.49. The zero-order valence-electron chi connectivity index (χ0n) is 18.6. The van der Waals surface area contributed by atoms with Crippen LogP contribution in [0.4, 0.5) is 5.82 Å². The first-order valence-electron chi connectivity index (χ1n) is 11.8. The highest BCUT2D eigenvalue weighted by Gasteiger charge is 2.30. The molecule has 2 aromatic heterocycles. The van der Waals surface area contributed by atoms with Crippen molar-refractivity contribution in [3.63, 3.8) is 0 Å². The van der Waals surface area contributed by atoms with Gasteiger partial charge in [-0.25, -0.2) is 4.98 Å². The summed E-state index contributed by atoms with van der Waals surface area (Å²) in [5.41, 5.74) is 10.7. The molecule has 32 heavy (non-hydrogen) atoms. The summed E-state index contributed by atoms with van der Waals surface area (Å²) < 4.78 is 5.53. The van der Waals surface area contributed by atoms with Gasteiger partial charge in [-0.15, -0.1) is 0 Å². The molecule has 1 saturated carbocycles. The topological polar surface area (TPSA) is 76.3 Å². The smallest absolute Gasteiger partial charge is 0.136 e. The molecule has 0 radical (unpaired) electrons. The molecule has 3 aliphatic rings. The molecule has 1 aliphatic heterocycles. The van der Waals surface area contributed by atoms with Gasteiger partial charge in [0.15, 0.2) is 0 Å². The van der Waals surface area contributed by atoms with Crippen LogP contribution >= 0.6 is 15.9 Å². The predicted octanol–water partition coefficient (Wildman–Crippen LogP) is 4.32. The molecule has 2 unspecified atom stereocenters. The van der Waals surface area contributed by atoms with E-state index in [1.54, 1.807) is 0 Å². The number of halogens is 1. The molecule has 0 spiro atoms. The molecule has 170 valence electrons. The Bertz CT molecular complexity index is 1020. The Hall–Kier alpha value is -1.96. The van der Waals surface area contributed by atoms with E-state index < -0.39 is 0 Å². The fourth-order valence-electron chi connectivity index (χ4n) is 5.04. The monoisotopic (exact) mass is 497 g/mol. The van der Waals surface area contributed by atoms with Gasteiger partial charge in [-0.1, -0.05) is 28.9 Å². The van der Waals surface area contributed by atoms with E-state index in [1.165, 1.54) is 11.3 Å². The van der Waals surface area contributed by atoms with Gasteiger partial charge >= 0.3 is 0 Å². The molecule has 0 bridgehead atoms. The van der Waals surface area contributed by atoms with E-state index >= 15 is 0 Å². The van der Waals surface area contributed by atoms with Gasteiger partial charge in [0.05, 0.1) is 29.3 Å². The summed E-state index contributed by atoms with van der Waals surface area (Å²) in [6.07, 6.45) is 10.7. The lowest BCUT2D eigenvalue weighted by molar-refractivity contribution is 0.0520. The summed E-state index contributed by atoms with van der Waals surface area (Å²) in [6, 6.07) is 6.98. The number of aromatic nitrogens is 2. The van der Waals surface area contributed by atoms with Crippen molar-refractivity contribution in [2.45, 2.75) is 49.5 Å². The second kappa shape index (κ2) is 9.49. The molecule has 0 amide bonds. The summed E-state index contributed by atoms with van der Waals surface area (Å²) in [5, 5.41) is 4.81. The second-order valence-electron chi connectivity index (χ2n) is 9.19. The van der Waals surface area contributed by atoms with Crippen LogP contribution in [0.1, 0.15) is 38.3 Å². The molecule has 5 rings (SSSR count). The average molecular weight is 498 g/mol. The highest BCUT2D eigenvalue weighted by Crippen LogP contribution is 2.39. The fourth-order valence-corrected chi connectivity index (χ4v) is 5.77. The molecule has 1 saturated heterocycles. The minimum Gasteiger partial charge on any atom is -0.378 e. The maximum Gasteiger partial charge on any atom is 0.136 e. The predicted molar refractivity (Wildman–Crippen MR) is 134 cm³/mol. The molecule has 3 heterocycles. The Morgan fingerprint density at radius 1 is 1.16 bits per heavy atom. The van der Waals surface area contributed by atoms with Crippen molar-refractivity contribution in [1.82, 2.24) is 14.9 Å². The molecule has 2 aliphatic carbocycles. The van der Waals surface area contributed by atoms with Crippen molar-refractivity contribution in [3.05, 3.63) is 47.9 Å². The Morgan fingerprint density at radius 3 is 2.72 bits per heavy atom. The standard InChI is InChI=1S/C25H32BrN5O/c1-16-19(8-9-23(24(16)26)31-11-13-32-14-12-31)22-15-21-20(3-2-10-28-21)25(30-22)29-18-6-4-17(27)5-7-18/h2-3,8-10,15-18,24H,4-7,11-14,27H2,1H3,(H,29,30). The number of hydrogen-bond acceptors (Lipinski definition) is 6. The number of nitrogens with two attached hydrogens (primary N) is 1. The third-order valence-corrected chi connectivity index (χ3v) is 8.29. The fraction of sp³-hybridized carbons (Fsp3) is 0.520. The van der Waals surface area contributed by atoms with Crippen molar-refractivity contribution in [2.75, 3.05) is 31.6 Å². The summed E-state index contributed by atoms with van der Waals surface area (Å²) in [4.78, 5) is 12.5. The minimum atomic E-state index is 0.248. The zero-order chi connectivity index (χ0) is 22.1. The number of rotatable bonds is 4. The zero-order valence-corrected chi connectivity index (χ0v) is 20.2. The number of morpholine rings is 1. The van der Waals surface area contributed by atoms with Crippen molar-refractivity contribution >= 4 is 38.2 Å². The lowest BCUT2D eigenvalue weighted by Gasteiger charge is -2.37. The third-order valence-electron chi connectivity index (χ3n) is 7.03. The molecule has 2 aromatic rings. The minimum absolute atomic E-state index is 0.248. The maximum atomic E-state index is 6.11. The molecule has 2 fully saturated rings. The van der Waals surface area contributed by atoms with E-state index in [9.17, 15) is 0 Å². The third kappa shape index (κ3) is 4.43. The Morgan fingerprint density at radius 2 is 1.94 bits per heavy atom. The maximum absolute atomic E-state index is 6.11. The van der Waals surface area contributed by atoms with Gasteiger partial charge in [-0.2, -0.15) is 0 Å². The van der Waals surface area contributed by atoms with Gasteiger partial charge in [0.1, 0.15) is 5.82 Å².